The summed E-state index contributed by atoms with van der Waals surface area (Å²) in [6, 6.07) is 0. The Morgan fingerprint density at radius 3 is 0.901 bits per heavy atom. The minimum Gasteiger partial charge on any atom is -0.462 e. The lowest BCUT2D eigenvalue weighted by Crippen LogP contribution is -2.30. The summed E-state index contributed by atoms with van der Waals surface area (Å²) >= 11 is 0. The first-order chi connectivity index (χ1) is 35.0. The predicted octanol–water partition coefficient (Wildman–Crippen LogP) is 20.3. The first kappa shape index (κ1) is 67.6. The number of hydrogen-bond acceptors (Lipinski definition) is 6. The molecule has 0 aliphatic carbocycles. The number of esters is 3. The van der Waals surface area contributed by atoms with E-state index in [1.54, 1.807) is 0 Å². The van der Waals surface area contributed by atoms with Gasteiger partial charge in [-0.05, 0) is 116 Å². The van der Waals surface area contributed by atoms with Crippen LogP contribution in [-0.4, -0.2) is 37.2 Å². The third-order valence-electron chi connectivity index (χ3n) is 12.9. The van der Waals surface area contributed by atoms with E-state index in [2.05, 4.69) is 106 Å². The zero-order valence-electron chi connectivity index (χ0n) is 46.7. The van der Waals surface area contributed by atoms with Crippen LogP contribution in [0, 0.1) is 0 Å². The zero-order valence-corrected chi connectivity index (χ0v) is 46.7. The van der Waals surface area contributed by atoms with Crippen molar-refractivity contribution in [2.75, 3.05) is 13.2 Å². The molecule has 0 aromatic carbocycles. The van der Waals surface area contributed by atoms with Crippen molar-refractivity contribution in [1.29, 1.82) is 0 Å². The average Bonchev–Trinajstić information content (AvgIpc) is 3.37. The zero-order chi connectivity index (χ0) is 51.4. The Hall–Kier alpha value is -3.41. The van der Waals surface area contributed by atoms with Gasteiger partial charge in [-0.1, -0.05) is 241 Å². The molecule has 1 unspecified atom stereocenters. The quantitative estimate of drug-likeness (QED) is 0.0261. The molecule has 0 aliphatic heterocycles. The highest BCUT2D eigenvalue weighted by Crippen LogP contribution is 2.15. The van der Waals surface area contributed by atoms with E-state index in [9.17, 15) is 14.4 Å². The number of ether oxygens (including phenoxy) is 3. The molecule has 0 radical (unpaired) electrons. The number of carbonyl (C=O) groups is 3. The van der Waals surface area contributed by atoms with Crippen LogP contribution in [0.3, 0.4) is 0 Å². The maximum absolute atomic E-state index is 12.9. The normalized spacial score (nSPS) is 12.7. The summed E-state index contributed by atoms with van der Waals surface area (Å²) in [5.41, 5.74) is 0. The Labute approximate surface area is 439 Å². The molecule has 71 heavy (non-hydrogen) atoms. The van der Waals surface area contributed by atoms with E-state index in [0.29, 0.717) is 19.3 Å². The molecule has 0 rings (SSSR count). The van der Waals surface area contributed by atoms with Gasteiger partial charge in [0.2, 0.25) is 0 Å². The molecule has 0 bridgehead atoms. The van der Waals surface area contributed by atoms with Crippen LogP contribution >= 0.6 is 0 Å². The van der Waals surface area contributed by atoms with E-state index >= 15 is 0 Å². The monoisotopic (exact) mass is 989 g/mol. The van der Waals surface area contributed by atoms with Crippen LogP contribution in [0.1, 0.15) is 290 Å². The summed E-state index contributed by atoms with van der Waals surface area (Å²) < 4.78 is 16.9. The van der Waals surface area contributed by atoms with Crippen molar-refractivity contribution < 1.29 is 28.6 Å². The molecule has 0 aromatic heterocycles. The third kappa shape index (κ3) is 57.4. The fourth-order valence-corrected chi connectivity index (χ4v) is 8.34. The standard InChI is InChI=1S/C65H112O6/c1-4-7-10-13-16-19-22-25-27-29-30-31-32-33-34-35-36-37-39-40-43-46-49-52-55-58-64(67)70-61-62(60-69-63(66)57-54-51-48-45-42-24-21-18-15-12-9-6-3)71-65(68)59-56-53-50-47-44-41-38-28-26-23-20-17-14-11-8-5-2/h7,10,16,18-21,23,25,27-28,30-31,38,62H,4-6,8-9,11-15,17,22,24,26,29,32-37,39-61H2,1-3H3/b10-7-,19-16-,21-18-,23-20-,27-25-,31-30-,38-28-. The van der Waals surface area contributed by atoms with E-state index in [1.165, 1.54) is 135 Å². The molecule has 0 saturated carbocycles. The Morgan fingerprint density at radius 1 is 0.296 bits per heavy atom. The molecule has 6 nitrogen and oxygen atoms in total. The van der Waals surface area contributed by atoms with Crippen molar-refractivity contribution in [1.82, 2.24) is 0 Å². The van der Waals surface area contributed by atoms with Gasteiger partial charge in [0.05, 0.1) is 0 Å². The van der Waals surface area contributed by atoms with E-state index in [0.717, 1.165) is 116 Å². The summed E-state index contributed by atoms with van der Waals surface area (Å²) in [5, 5.41) is 0. The second-order valence-corrected chi connectivity index (χ2v) is 19.9. The molecule has 0 amide bonds. The van der Waals surface area contributed by atoms with Gasteiger partial charge >= 0.3 is 17.9 Å². The largest absolute Gasteiger partial charge is 0.462 e. The van der Waals surface area contributed by atoms with Crippen LogP contribution in [0.4, 0.5) is 0 Å². The van der Waals surface area contributed by atoms with Gasteiger partial charge in [0.25, 0.3) is 0 Å². The molecule has 0 saturated heterocycles. The molecule has 0 aliphatic rings. The summed E-state index contributed by atoms with van der Waals surface area (Å²) in [6.45, 7) is 6.48. The molecule has 0 aromatic rings. The lowest BCUT2D eigenvalue weighted by atomic mass is 10.0. The molecule has 0 fully saturated rings. The van der Waals surface area contributed by atoms with E-state index < -0.39 is 6.10 Å². The minimum absolute atomic E-state index is 0.0849. The SMILES string of the molecule is CC/C=C\C/C=C\C/C=C\C/C=C\CCCCCCCCCCCCCCC(=O)OCC(COC(=O)CCCCCCC/C=C\CCCCC)OC(=O)CCCCCCC/C=C\C/C=C\CCCCCC. The topological polar surface area (TPSA) is 78.9 Å². The number of unbranched alkanes of at least 4 members (excludes halogenated alkanes) is 29. The minimum atomic E-state index is -0.788. The van der Waals surface area contributed by atoms with Gasteiger partial charge in [0, 0.05) is 19.3 Å². The van der Waals surface area contributed by atoms with Crippen molar-refractivity contribution in [3.05, 3.63) is 85.1 Å². The van der Waals surface area contributed by atoms with E-state index in [-0.39, 0.29) is 31.1 Å². The molecule has 0 heterocycles. The Bertz CT molecular complexity index is 1370. The highest BCUT2D eigenvalue weighted by molar-refractivity contribution is 5.71. The van der Waals surface area contributed by atoms with Crippen LogP contribution in [0.15, 0.2) is 85.1 Å². The molecule has 0 spiro atoms. The van der Waals surface area contributed by atoms with Gasteiger partial charge in [0.1, 0.15) is 13.2 Å². The lowest BCUT2D eigenvalue weighted by Gasteiger charge is -2.18. The second kappa shape index (κ2) is 59.2. The van der Waals surface area contributed by atoms with Crippen LogP contribution in [0.25, 0.3) is 0 Å². The van der Waals surface area contributed by atoms with Gasteiger partial charge in [-0.15, -0.1) is 0 Å². The van der Waals surface area contributed by atoms with Crippen molar-refractivity contribution in [2.45, 2.75) is 297 Å². The van der Waals surface area contributed by atoms with Gasteiger partial charge in [-0.2, -0.15) is 0 Å². The maximum Gasteiger partial charge on any atom is 0.306 e. The predicted molar refractivity (Wildman–Crippen MR) is 307 cm³/mol. The third-order valence-corrected chi connectivity index (χ3v) is 12.9. The molecule has 0 N–H and O–H groups in total. The number of rotatable bonds is 54. The van der Waals surface area contributed by atoms with Crippen LogP contribution < -0.4 is 0 Å². The first-order valence-corrected chi connectivity index (χ1v) is 30.1. The number of allylic oxidation sites excluding steroid dienone is 14. The van der Waals surface area contributed by atoms with Gasteiger partial charge in [-0.3, -0.25) is 14.4 Å². The van der Waals surface area contributed by atoms with E-state index in [1.807, 2.05) is 0 Å². The smallest absolute Gasteiger partial charge is 0.306 e. The Morgan fingerprint density at radius 2 is 0.549 bits per heavy atom. The summed E-state index contributed by atoms with van der Waals surface area (Å²) in [6.07, 6.45) is 77.2. The van der Waals surface area contributed by atoms with Crippen LogP contribution in [-0.2, 0) is 28.6 Å². The number of carbonyl (C=O) groups excluding carboxylic acids is 3. The van der Waals surface area contributed by atoms with Crippen LogP contribution in [0.5, 0.6) is 0 Å². The van der Waals surface area contributed by atoms with E-state index in [4.69, 9.17) is 14.2 Å². The lowest BCUT2D eigenvalue weighted by molar-refractivity contribution is -0.167. The van der Waals surface area contributed by atoms with Gasteiger partial charge in [-0.25, -0.2) is 0 Å². The summed E-state index contributed by atoms with van der Waals surface area (Å²) in [5.74, 6) is -0.902. The van der Waals surface area contributed by atoms with Crippen molar-refractivity contribution in [2.24, 2.45) is 0 Å². The molecular formula is C65H112O6. The number of hydrogen-bond donors (Lipinski definition) is 0. The summed E-state index contributed by atoms with van der Waals surface area (Å²) in [7, 11) is 0. The molecular weight excluding hydrogens is 877 g/mol. The molecule has 6 heteroatoms. The highest BCUT2D eigenvalue weighted by Gasteiger charge is 2.19. The molecule has 1 atom stereocenters. The fraction of sp³-hybridized carbons (Fsp3) is 0.738. The van der Waals surface area contributed by atoms with Crippen molar-refractivity contribution >= 4 is 17.9 Å². The average molecular weight is 990 g/mol. The van der Waals surface area contributed by atoms with Crippen molar-refractivity contribution in [3.8, 4) is 0 Å². The van der Waals surface area contributed by atoms with Gasteiger partial charge in [0.15, 0.2) is 6.10 Å². The maximum atomic E-state index is 12.9. The van der Waals surface area contributed by atoms with Crippen LogP contribution in [0.2, 0.25) is 0 Å². The molecule has 408 valence electrons. The van der Waals surface area contributed by atoms with Crippen molar-refractivity contribution in [3.63, 3.8) is 0 Å². The fourth-order valence-electron chi connectivity index (χ4n) is 8.34. The van der Waals surface area contributed by atoms with Gasteiger partial charge < -0.3 is 14.2 Å². The Kier molecular flexibility index (Phi) is 56.3. The second-order valence-electron chi connectivity index (χ2n) is 19.9. The summed E-state index contributed by atoms with van der Waals surface area (Å²) in [4.78, 5) is 38.2. The first-order valence-electron chi connectivity index (χ1n) is 30.1. The highest BCUT2D eigenvalue weighted by atomic mass is 16.6. The Balaban J connectivity index is 4.30.